The van der Waals surface area contributed by atoms with Crippen molar-refractivity contribution in [1.29, 1.82) is 0 Å². The van der Waals surface area contributed by atoms with E-state index >= 15 is 0 Å². The molecule has 0 aliphatic rings. The minimum absolute atomic E-state index is 0.423. The molecule has 0 amide bonds. The van der Waals surface area contributed by atoms with Crippen molar-refractivity contribution in [3.63, 3.8) is 0 Å². The van der Waals surface area contributed by atoms with Gasteiger partial charge in [0.1, 0.15) is 12.4 Å². The zero-order chi connectivity index (χ0) is 13.5. The van der Waals surface area contributed by atoms with Crippen LogP contribution in [-0.2, 0) is 0 Å². The zero-order valence-corrected chi connectivity index (χ0v) is 12.4. The fourth-order valence-electron chi connectivity index (χ4n) is 1.81. The monoisotopic (exact) mass is 249 g/mol. The SMILES string of the molecule is CCCNC(COc1ccc(C)c(C)c1)C(C)C. The van der Waals surface area contributed by atoms with E-state index in [0.29, 0.717) is 12.0 Å². The molecule has 2 nitrogen and oxygen atoms in total. The largest absolute Gasteiger partial charge is 0.492 e. The average molecular weight is 249 g/mol. The number of rotatable bonds is 7. The molecule has 1 unspecified atom stereocenters. The lowest BCUT2D eigenvalue weighted by atomic mass is 10.1. The van der Waals surface area contributed by atoms with E-state index in [1.54, 1.807) is 0 Å². The van der Waals surface area contributed by atoms with Gasteiger partial charge < -0.3 is 10.1 Å². The predicted octanol–water partition coefficient (Wildman–Crippen LogP) is 3.71. The summed E-state index contributed by atoms with van der Waals surface area (Å²) in [7, 11) is 0. The van der Waals surface area contributed by atoms with Crippen molar-refractivity contribution in [2.75, 3.05) is 13.2 Å². The Hall–Kier alpha value is -1.02. The average Bonchev–Trinajstić information content (AvgIpc) is 2.33. The van der Waals surface area contributed by atoms with Crippen molar-refractivity contribution in [3.8, 4) is 5.75 Å². The highest BCUT2D eigenvalue weighted by Gasteiger charge is 2.13. The maximum Gasteiger partial charge on any atom is 0.119 e. The molecule has 1 N–H and O–H groups in total. The third kappa shape index (κ3) is 4.69. The van der Waals surface area contributed by atoms with Crippen molar-refractivity contribution in [1.82, 2.24) is 5.32 Å². The molecule has 0 aliphatic carbocycles. The van der Waals surface area contributed by atoms with Crippen LogP contribution in [0, 0.1) is 19.8 Å². The van der Waals surface area contributed by atoms with E-state index in [1.807, 2.05) is 0 Å². The second kappa shape index (κ2) is 7.42. The quantitative estimate of drug-likeness (QED) is 0.795. The Balaban J connectivity index is 2.52. The second-order valence-corrected chi connectivity index (χ2v) is 5.36. The molecule has 0 aliphatic heterocycles. The van der Waals surface area contributed by atoms with Gasteiger partial charge in [-0.25, -0.2) is 0 Å². The summed E-state index contributed by atoms with van der Waals surface area (Å²) in [4.78, 5) is 0. The van der Waals surface area contributed by atoms with Crippen molar-refractivity contribution >= 4 is 0 Å². The molecule has 0 bridgehead atoms. The Labute approximate surface area is 112 Å². The van der Waals surface area contributed by atoms with E-state index in [0.717, 1.165) is 25.3 Å². The third-order valence-corrected chi connectivity index (χ3v) is 3.37. The maximum absolute atomic E-state index is 5.90. The Morgan fingerprint density at radius 1 is 1.17 bits per heavy atom. The topological polar surface area (TPSA) is 21.3 Å². The molecule has 0 heterocycles. The summed E-state index contributed by atoms with van der Waals surface area (Å²) in [5.41, 5.74) is 2.60. The first kappa shape index (κ1) is 15.0. The summed E-state index contributed by atoms with van der Waals surface area (Å²) in [6.07, 6.45) is 1.16. The standard InChI is InChI=1S/C16H27NO/c1-6-9-17-16(12(2)3)11-18-15-8-7-13(4)14(5)10-15/h7-8,10,12,16-17H,6,9,11H2,1-5H3. The summed E-state index contributed by atoms with van der Waals surface area (Å²) in [5, 5.41) is 3.54. The van der Waals surface area contributed by atoms with E-state index in [4.69, 9.17) is 4.74 Å². The van der Waals surface area contributed by atoms with Crippen LogP contribution < -0.4 is 10.1 Å². The molecule has 18 heavy (non-hydrogen) atoms. The molecule has 1 aromatic carbocycles. The Morgan fingerprint density at radius 2 is 1.89 bits per heavy atom. The summed E-state index contributed by atoms with van der Waals surface area (Å²) in [5.74, 6) is 1.56. The van der Waals surface area contributed by atoms with E-state index in [1.165, 1.54) is 11.1 Å². The van der Waals surface area contributed by atoms with E-state index < -0.39 is 0 Å². The predicted molar refractivity (Wildman–Crippen MR) is 78.3 cm³/mol. The van der Waals surface area contributed by atoms with Crippen LogP contribution in [-0.4, -0.2) is 19.2 Å². The highest BCUT2D eigenvalue weighted by Crippen LogP contribution is 2.17. The molecule has 102 valence electrons. The van der Waals surface area contributed by atoms with Gasteiger partial charge in [-0.1, -0.05) is 26.8 Å². The first-order valence-electron chi connectivity index (χ1n) is 6.98. The maximum atomic E-state index is 5.90. The van der Waals surface area contributed by atoms with Crippen LogP contribution in [0.4, 0.5) is 0 Å². The number of hydrogen-bond acceptors (Lipinski definition) is 2. The van der Waals surface area contributed by atoms with Gasteiger partial charge in [-0.05, 0) is 56.0 Å². The summed E-state index contributed by atoms with van der Waals surface area (Å²) >= 11 is 0. The fourth-order valence-corrected chi connectivity index (χ4v) is 1.81. The molecular formula is C16H27NO. The van der Waals surface area contributed by atoms with Crippen LogP contribution in [0.25, 0.3) is 0 Å². The number of aryl methyl sites for hydroxylation is 2. The van der Waals surface area contributed by atoms with Gasteiger partial charge >= 0.3 is 0 Å². The Kier molecular flexibility index (Phi) is 6.20. The first-order valence-corrected chi connectivity index (χ1v) is 6.98. The molecule has 2 heteroatoms. The number of hydrogen-bond donors (Lipinski definition) is 1. The van der Waals surface area contributed by atoms with Gasteiger partial charge in [-0.3, -0.25) is 0 Å². The van der Waals surface area contributed by atoms with E-state index in [2.05, 4.69) is 58.1 Å². The molecule has 0 spiro atoms. The van der Waals surface area contributed by atoms with Gasteiger partial charge in [0.25, 0.3) is 0 Å². The minimum atomic E-state index is 0.423. The van der Waals surface area contributed by atoms with Gasteiger partial charge in [0.2, 0.25) is 0 Å². The van der Waals surface area contributed by atoms with Crippen molar-refractivity contribution in [3.05, 3.63) is 29.3 Å². The fraction of sp³-hybridized carbons (Fsp3) is 0.625. The van der Waals surface area contributed by atoms with Crippen LogP contribution in [0.2, 0.25) is 0 Å². The second-order valence-electron chi connectivity index (χ2n) is 5.36. The van der Waals surface area contributed by atoms with Crippen LogP contribution in [0.1, 0.15) is 38.3 Å². The molecule has 1 rings (SSSR count). The molecule has 0 fully saturated rings. The minimum Gasteiger partial charge on any atom is -0.492 e. The van der Waals surface area contributed by atoms with Gasteiger partial charge in [0.15, 0.2) is 0 Å². The molecule has 0 radical (unpaired) electrons. The normalized spacial score (nSPS) is 12.8. The van der Waals surface area contributed by atoms with Gasteiger partial charge in [0, 0.05) is 6.04 Å². The summed E-state index contributed by atoms with van der Waals surface area (Å²) < 4.78 is 5.90. The highest BCUT2D eigenvalue weighted by molar-refractivity contribution is 5.33. The smallest absolute Gasteiger partial charge is 0.119 e. The Bertz CT molecular complexity index is 360. The number of nitrogens with one attached hydrogen (secondary N) is 1. The lowest BCUT2D eigenvalue weighted by molar-refractivity contribution is 0.230. The lowest BCUT2D eigenvalue weighted by Gasteiger charge is -2.22. The van der Waals surface area contributed by atoms with Crippen molar-refractivity contribution in [2.24, 2.45) is 5.92 Å². The number of ether oxygens (including phenoxy) is 1. The zero-order valence-electron chi connectivity index (χ0n) is 12.4. The van der Waals surface area contributed by atoms with Crippen LogP contribution >= 0.6 is 0 Å². The van der Waals surface area contributed by atoms with Crippen LogP contribution in [0.5, 0.6) is 5.75 Å². The molecule has 0 saturated heterocycles. The molecule has 1 atom stereocenters. The molecule has 1 aromatic rings. The van der Waals surface area contributed by atoms with Crippen LogP contribution in [0.3, 0.4) is 0 Å². The number of benzene rings is 1. The van der Waals surface area contributed by atoms with Crippen LogP contribution in [0.15, 0.2) is 18.2 Å². The van der Waals surface area contributed by atoms with E-state index in [-0.39, 0.29) is 0 Å². The van der Waals surface area contributed by atoms with Gasteiger partial charge in [0.05, 0.1) is 0 Å². The lowest BCUT2D eigenvalue weighted by Crippen LogP contribution is -2.39. The third-order valence-electron chi connectivity index (χ3n) is 3.37. The highest BCUT2D eigenvalue weighted by atomic mass is 16.5. The molecular weight excluding hydrogens is 222 g/mol. The first-order chi connectivity index (χ1) is 8.54. The summed E-state index contributed by atoms with van der Waals surface area (Å²) in [6, 6.07) is 6.72. The van der Waals surface area contributed by atoms with Crippen molar-refractivity contribution in [2.45, 2.75) is 47.1 Å². The van der Waals surface area contributed by atoms with Gasteiger partial charge in [-0.15, -0.1) is 0 Å². The van der Waals surface area contributed by atoms with Crippen molar-refractivity contribution < 1.29 is 4.74 Å². The van der Waals surface area contributed by atoms with E-state index in [9.17, 15) is 0 Å². The Morgan fingerprint density at radius 3 is 2.44 bits per heavy atom. The molecule has 0 aromatic heterocycles. The molecule has 0 saturated carbocycles. The van der Waals surface area contributed by atoms with Gasteiger partial charge in [-0.2, -0.15) is 0 Å². The summed E-state index contributed by atoms with van der Waals surface area (Å²) in [6.45, 7) is 12.7.